The van der Waals surface area contributed by atoms with E-state index in [9.17, 15) is 0 Å². The molecule has 1 unspecified atom stereocenters. The smallest absolute Gasteiger partial charge is 0.0765 e. The highest BCUT2D eigenvalue weighted by Crippen LogP contribution is 2.20. The molecule has 6 heteroatoms. The predicted octanol–water partition coefficient (Wildman–Crippen LogP) is 1.25. The molecule has 0 saturated carbocycles. The van der Waals surface area contributed by atoms with Crippen LogP contribution in [0.3, 0.4) is 0 Å². The average Bonchev–Trinajstić information content (AvgIpc) is 3.00. The van der Waals surface area contributed by atoms with Gasteiger partial charge < -0.3 is 4.90 Å². The predicted molar refractivity (Wildman–Crippen MR) is 81.8 cm³/mol. The number of H-pyrrole nitrogens is 1. The van der Waals surface area contributed by atoms with E-state index in [2.05, 4.69) is 56.0 Å². The molecule has 2 aromatic heterocycles. The van der Waals surface area contributed by atoms with E-state index in [4.69, 9.17) is 0 Å². The van der Waals surface area contributed by atoms with Gasteiger partial charge in [0.15, 0.2) is 0 Å². The summed E-state index contributed by atoms with van der Waals surface area (Å²) >= 11 is 0. The number of aromatic amines is 1. The van der Waals surface area contributed by atoms with Crippen LogP contribution in [0.1, 0.15) is 23.5 Å². The van der Waals surface area contributed by atoms with Gasteiger partial charge in [0.05, 0.1) is 11.4 Å². The van der Waals surface area contributed by atoms with Crippen LogP contribution in [0.5, 0.6) is 0 Å². The number of fused-ring (bicyclic) bond motifs is 1. The maximum absolute atomic E-state index is 4.43. The van der Waals surface area contributed by atoms with Crippen molar-refractivity contribution in [1.29, 1.82) is 0 Å². The van der Waals surface area contributed by atoms with Gasteiger partial charge in [-0.05, 0) is 39.6 Å². The minimum absolute atomic E-state index is 0.527. The van der Waals surface area contributed by atoms with Crippen molar-refractivity contribution >= 4 is 0 Å². The van der Waals surface area contributed by atoms with Crippen molar-refractivity contribution in [3.05, 3.63) is 35.4 Å². The summed E-state index contributed by atoms with van der Waals surface area (Å²) in [6.07, 6.45) is 3.02. The fourth-order valence-corrected chi connectivity index (χ4v) is 3.06. The van der Waals surface area contributed by atoms with E-state index < -0.39 is 0 Å². The third kappa shape index (κ3) is 3.33. The first-order valence-electron chi connectivity index (χ1n) is 7.52. The summed E-state index contributed by atoms with van der Waals surface area (Å²) in [5, 5.41) is 11.9. The Hall–Kier alpha value is -1.66. The lowest BCUT2D eigenvalue weighted by Crippen LogP contribution is -2.40. The number of nitrogens with one attached hydrogen (secondary N) is 1. The lowest BCUT2D eigenvalue weighted by Gasteiger charge is -2.31. The number of likely N-dealkylation sites (N-methyl/N-ethyl adjacent to an activating group) is 1. The highest BCUT2D eigenvalue weighted by atomic mass is 15.3. The van der Waals surface area contributed by atoms with Crippen LogP contribution in [-0.4, -0.2) is 56.5 Å². The van der Waals surface area contributed by atoms with Crippen molar-refractivity contribution in [2.24, 2.45) is 0 Å². The molecule has 0 saturated heterocycles. The Bertz CT molecular complexity index is 585. The normalized spacial score (nSPS) is 19.7. The number of nitrogens with zero attached hydrogens (tertiary/aromatic N) is 5. The van der Waals surface area contributed by atoms with Gasteiger partial charge in [-0.3, -0.25) is 14.7 Å². The summed E-state index contributed by atoms with van der Waals surface area (Å²) in [4.78, 5) is 4.79. The van der Waals surface area contributed by atoms with Gasteiger partial charge in [0.2, 0.25) is 0 Å². The molecule has 0 aliphatic carbocycles. The fraction of sp³-hybridized carbons (Fsp3) is 0.600. The fourth-order valence-electron chi connectivity index (χ4n) is 3.06. The number of hydrogen-bond acceptors (Lipinski definition) is 4. The van der Waals surface area contributed by atoms with Gasteiger partial charge in [-0.2, -0.15) is 10.2 Å². The van der Waals surface area contributed by atoms with Crippen molar-refractivity contribution < 1.29 is 0 Å². The molecule has 0 bridgehead atoms. The molecule has 3 rings (SSSR count). The Morgan fingerprint density at radius 3 is 3.00 bits per heavy atom. The van der Waals surface area contributed by atoms with Crippen molar-refractivity contribution in [3.63, 3.8) is 0 Å². The number of aryl methyl sites for hydroxylation is 2. The van der Waals surface area contributed by atoms with E-state index in [0.29, 0.717) is 6.04 Å². The molecule has 114 valence electrons. The lowest BCUT2D eigenvalue weighted by atomic mass is 10.1. The molecular weight excluding hydrogens is 264 g/mol. The van der Waals surface area contributed by atoms with Crippen molar-refractivity contribution in [2.45, 2.75) is 39.0 Å². The van der Waals surface area contributed by atoms with Crippen LogP contribution in [0.2, 0.25) is 0 Å². The van der Waals surface area contributed by atoms with Gasteiger partial charge >= 0.3 is 0 Å². The highest BCUT2D eigenvalue weighted by Gasteiger charge is 2.25. The standard InChI is InChI=1S/C15H24N6/c1-12-8-13(18-17-12)9-20-11-15-4-6-16-21(15)7-5-14(20)10-19(2)3/h4,6,8,14H,5,7,9-11H2,1-3H3,(H,17,18). The molecule has 0 amide bonds. The van der Waals surface area contributed by atoms with E-state index in [-0.39, 0.29) is 0 Å². The Labute approximate surface area is 125 Å². The molecular formula is C15H24N6. The minimum atomic E-state index is 0.527. The van der Waals surface area contributed by atoms with E-state index in [0.717, 1.165) is 44.0 Å². The molecule has 1 aliphatic heterocycles. The van der Waals surface area contributed by atoms with Crippen LogP contribution in [-0.2, 0) is 19.6 Å². The second-order valence-corrected chi connectivity index (χ2v) is 6.20. The van der Waals surface area contributed by atoms with Crippen molar-refractivity contribution in [2.75, 3.05) is 20.6 Å². The SMILES string of the molecule is Cc1cc(CN2Cc3ccnn3CCC2CN(C)C)n[nH]1. The van der Waals surface area contributed by atoms with Crippen molar-refractivity contribution in [1.82, 2.24) is 29.8 Å². The quantitative estimate of drug-likeness (QED) is 0.920. The van der Waals surface area contributed by atoms with Gasteiger partial charge in [0.25, 0.3) is 0 Å². The molecule has 0 aromatic carbocycles. The second kappa shape index (κ2) is 5.99. The average molecular weight is 288 g/mol. The third-order valence-electron chi connectivity index (χ3n) is 4.06. The van der Waals surface area contributed by atoms with Crippen LogP contribution in [0, 0.1) is 6.92 Å². The molecule has 6 nitrogen and oxygen atoms in total. The van der Waals surface area contributed by atoms with Gasteiger partial charge in [0.1, 0.15) is 0 Å². The first kappa shape index (κ1) is 14.3. The van der Waals surface area contributed by atoms with E-state index >= 15 is 0 Å². The maximum Gasteiger partial charge on any atom is 0.0765 e. The lowest BCUT2D eigenvalue weighted by molar-refractivity contribution is 0.142. The van der Waals surface area contributed by atoms with Gasteiger partial charge in [-0.1, -0.05) is 0 Å². The highest BCUT2D eigenvalue weighted by molar-refractivity contribution is 5.08. The third-order valence-corrected chi connectivity index (χ3v) is 4.06. The summed E-state index contributed by atoms with van der Waals surface area (Å²) in [7, 11) is 4.28. The summed E-state index contributed by atoms with van der Waals surface area (Å²) in [5.74, 6) is 0. The van der Waals surface area contributed by atoms with Gasteiger partial charge in [-0.15, -0.1) is 0 Å². The zero-order valence-electron chi connectivity index (χ0n) is 13.1. The van der Waals surface area contributed by atoms with Crippen LogP contribution in [0.4, 0.5) is 0 Å². The molecule has 2 aromatic rings. The summed E-state index contributed by atoms with van der Waals surface area (Å²) < 4.78 is 2.14. The maximum atomic E-state index is 4.43. The number of hydrogen-bond donors (Lipinski definition) is 1. The second-order valence-electron chi connectivity index (χ2n) is 6.20. The van der Waals surface area contributed by atoms with Gasteiger partial charge in [-0.25, -0.2) is 0 Å². The molecule has 1 atom stereocenters. The first-order chi connectivity index (χ1) is 10.1. The molecule has 1 N–H and O–H groups in total. The zero-order chi connectivity index (χ0) is 14.8. The van der Waals surface area contributed by atoms with Crippen LogP contribution in [0.25, 0.3) is 0 Å². The minimum Gasteiger partial charge on any atom is -0.308 e. The largest absolute Gasteiger partial charge is 0.308 e. The van der Waals surface area contributed by atoms with E-state index in [1.54, 1.807) is 0 Å². The molecule has 0 radical (unpaired) electrons. The van der Waals surface area contributed by atoms with Crippen LogP contribution < -0.4 is 0 Å². The molecule has 3 heterocycles. The Morgan fingerprint density at radius 2 is 2.29 bits per heavy atom. The van der Waals surface area contributed by atoms with E-state index in [1.165, 1.54) is 5.69 Å². The zero-order valence-corrected chi connectivity index (χ0v) is 13.1. The Kier molecular flexibility index (Phi) is 4.07. The molecule has 1 aliphatic rings. The number of aromatic nitrogens is 4. The summed E-state index contributed by atoms with van der Waals surface area (Å²) in [5.41, 5.74) is 3.53. The topological polar surface area (TPSA) is 53.0 Å². The monoisotopic (exact) mass is 288 g/mol. The summed E-state index contributed by atoms with van der Waals surface area (Å²) in [6, 6.07) is 4.79. The molecule has 0 spiro atoms. The summed E-state index contributed by atoms with van der Waals surface area (Å²) in [6.45, 7) is 5.93. The number of rotatable bonds is 4. The molecule has 21 heavy (non-hydrogen) atoms. The van der Waals surface area contributed by atoms with E-state index in [1.807, 2.05) is 13.1 Å². The Balaban J connectivity index is 1.80. The van der Waals surface area contributed by atoms with Gasteiger partial charge in [0, 0.05) is 44.1 Å². The first-order valence-corrected chi connectivity index (χ1v) is 7.52. The van der Waals surface area contributed by atoms with Crippen LogP contribution >= 0.6 is 0 Å². The molecule has 0 fully saturated rings. The Morgan fingerprint density at radius 1 is 1.43 bits per heavy atom. The van der Waals surface area contributed by atoms with Crippen molar-refractivity contribution in [3.8, 4) is 0 Å². The van der Waals surface area contributed by atoms with Crippen LogP contribution in [0.15, 0.2) is 18.3 Å².